The number of amides is 1. The minimum atomic E-state index is -0.362. The third kappa shape index (κ3) is 4.84. The first-order chi connectivity index (χ1) is 10.8. The summed E-state index contributed by atoms with van der Waals surface area (Å²) in [5, 5.41) is 11.1. The SMILES string of the molecule is N#CCC(=O)Nc1ccccc1OCCOc1ccccc1. The molecule has 0 saturated heterocycles. The number of ether oxygens (including phenoxy) is 2. The summed E-state index contributed by atoms with van der Waals surface area (Å²) in [5.41, 5.74) is 0.544. The van der Waals surface area contributed by atoms with Gasteiger partial charge in [-0.05, 0) is 24.3 Å². The van der Waals surface area contributed by atoms with Crippen LogP contribution in [0.15, 0.2) is 54.6 Å². The van der Waals surface area contributed by atoms with Crippen molar-refractivity contribution in [3.05, 3.63) is 54.6 Å². The predicted octanol–water partition coefficient (Wildman–Crippen LogP) is 3.00. The van der Waals surface area contributed by atoms with E-state index in [2.05, 4.69) is 5.32 Å². The number of nitrogens with one attached hydrogen (secondary N) is 1. The van der Waals surface area contributed by atoms with Crippen molar-refractivity contribution < 1.29 is 14.3 Å². The molecule has 0 aliphatic rings. The Balaban J connectivity index is 1.85. The predicted molar refractivity (Wildman–Crippen MR) is 82.7 cm³/mol. The second kappa shape index (κ2) is 8.32. The summed E-state index contributed by atoms with van der Waals surface area (Å²) in [4.78, 5) is 11.5. The first kappa shape index (κ1) is 15.4. The number of nitrogens with zero attached hydrogens (tertiary/aromatic N) is 1. The Morgan fingerprint density at radius 3 is 2.45 bits per heavy atom. The molecule has 0 aromatic heterocycles. The number of hydrogen-bond acceptors (Lipinski definition) is 4. The Kier molecular flexibility index (Phi) is 5.82. The summed E-state index contributed by atoms with van der Waals surface area (Å²) in [7, 11) is 0. The van der Waals surface area contributed by atoms with E-state index in [4.69, 9.17) is 14.7 Å². The quantitative estimate of drug-likeness (QED) is 0.797. The average Bonchev–Trinajstić information content (AvgIpc) is 2.54. The van der Waals surface area contributed by atoms with Crippen LogP contribution in [0.4, 0.5) is 5.69 Å². The third-order valence-corrected chi connectivity index (χ3v) is 2.75. The fourth-order valence-electron chi connectivity index (χ4n) is 1.79. The van der Waals surface area contributed by atoms with Gasteiger partial charge in [-0.15, -0.1) is 0 Å². The molecular weight excluding hydrogens is 280 g/mol. The van der Waals surface area contributed by atoms with Gasteiger partial charge in [-0.25, -0.2) is 0 Å². The summed E-state index contributed by atoms with van der Waals surface area (Å²) in [6.45, 7) is 0.741. The van der Waals surface area contributed by atoms with E-state index in [0.717, 1.165) is 5.75 Å². The zero-order chi connectivity index (χ0) is 15.6. The zero-order valence-electron chi connectivity index (χ0n) is 12.0. The van der Waals surface area contributed by atoms with Crippen molar-refractivity contribution in [2.75, 3.05) is 18.5 Å². The van der Waals surface area contributed by atoms with Gasteiger partial charge in [0.1, 0.15) is 31.1 Å². The number of carbonyl (C=O) groups excluding carboxylic acids is 1. The maximum atomic E-state index is 11.5. The molecule has 0 aliphatic carbocycles. The Morgan fingerprint density at radius 1 is 1.00 bits per heavy atom. The van der Waals surface area contributed by atoms with Gasteiger partial charge in [-0.1, -0.05) is 30.3 Å². The van der Waals surface area contributed by atoms with Crippen LogP contribution in [0, 0.1) is 11.3 Å². The van der Waals surface area contributed by atoms with E-state index in [1.807, 2.05) is 36.4 Å². The molecule has 1 N–H and O–H groups in total. The number of rotatable bonds is 7. The molecule has 0 fully saturated rings. The van der Waals surface area contributed by atoms with E-state index in [-0.39, 0.29) is 12.3 Å². The molecule has 2 rings (SSSR count). The number of carbonyl (C=O) groups is 1. The van der Waals surface area contributed by atoms with Gasteiger partial charge in [0.2, 0.25) is 5.91 Å². The Labute approximate surface area is 129 Å². The van der Waals surface area contributed by atoms with Crippen molar-refractivity contribution in [1.82, 2.24) is 0 Å². The maximum absolute atomic E-state index is 11.5. The molecule has 2 aromatic rings. The number of nitriles is 1. The lowest BCUT2D eigenvalue weighted by molar-refractivity contribution is -0.115. The molecular formula is C17H16N2O3. The highest BCUT2D eigenvalue weighted by atomic mass is 16.5. The van der Waals surface area contributed by atoms with E-state index >= 15 is 0 Å². The molecule has 1 amide bonds. The van der Waals surface area contributed by atoms with Crippen molar-refractivity contribution in [1.29, 1.82) is 5.26 Å². The Bertz CT molecular complexity index is 650. The lowest BCUT2D eigenvalue weighted by Crippen LogP contribution is -2.13. The Hall–Kier alpha value is -3.00. The van der Waals surface area contributed by atoms with Crippen molar-refractivity contribution in [2.45, 2.75) is 6.42 Å². The zero-order valence-corrected chi connectivity index (χ0v) is 12.0. The van der Waals surface area contributed by atoms with Gasteiger partial charge >= 0.3 is 0 Å². The highest BCUT2D eigenvalue weighted by molar-refractivity contribution is 5.93. The van der Waals surface area contributed by atoms with Crippen molar-refractivity contribution >= 4 is 11.6 Å². The number of para-hydroxylation sites is 3. The lowest BCUT2D eigenvalue weighted by atomic mass is 10.3. The normalized spacial score (nSPS) is 9.59. The van der Waals surface area contributed by atoms with Gasteiger partial charge in [-0.3, -0.25) is 4.79 Å². The third-order valence-electron chi connectivity index (χ3n) is 2.75. The Morgan fingerprint density at radius 2 is 1.68 bits per heavy atom. The van der Waals surface area contributed by atoms with Crippen LogP contribution in [-0.4, -0.2) is 19.1 Å². The monoisotopic (exact) mass is 296 g/mol. The van der Waals surface area contributed by atoms with Gasteiger partial charge in [-0.2, -0.15) is 5.26 Å². The molecule has 0 unspecified atom stereocenters. The van der Waals surface area contributed by atoms with Crippen LogP contribution in [0.5, 0.6) is 11.5 Å². The molecule has 0 saturated carbocycles. The smallest absolute Gasteiger partial charge is 0.238 e. The largest absolute Gasteiger partial charge is 0.490 e. The molecule has 5 nitrogen and oxygen atoms in total. The summed E-state index contributed by atoms with van der Waals surface area (Å²) in [6.07, 6.45) is -0.189. The van der Waals surface area contributed by atoms with Gasteiger partial charge in [0, 0.05) is 0 Å². The topological polar surface area (TPSA) is 71.4 Å². The summed E-state index contributed by atoms with van der Waals surface area (Å²) in [5.74, 6) is 0.964. The highest BCUT2D eigenvalue weighted by Crippen LogP contribution is 2.23. The van der Waals surface area contributed by atoms with Crippen LogP contribution in [0.1, 0.15) is 6.42 Å². The van der Waals surface area contributed by atoms with Crippen molar-refractivity contribution in [2.24, 2.45) is 0 Å². The van der Waals surface area contributed by atoms with Gasteiger partial charge < -0.3 is 14.8 Å². The van der Waals surface area contributed by atoms with Crippen LogP contribution >= 0.6 is 0 Å². The number of anilines is 1. The summed E-state index contributed by atoms with van der Waals surface area (Å²) in [6, 6.07) is 18.3. The fourth-order valence-corrected chi connectivity index (χ4v) is 1.79. The standard InChI is InChI=1S/C17H16N2O3/c18-11-10-17(20)19-15-8-4-5-9-16(15)22-13-12-21-14-6-2-1-3-7-14/h1-9H,10,12-13H2,(H,19,20). The number of benzene rings is 2. The molecule has 0 aliphatic heterocycles. The summed E-state index contributed by atoms with van der Waals surface area (Å²) >= 11 is 0. The molecule has 5 heteroatoms. The maximum Gasteiger partial charge on any atom is 0.238 e. The molecule has 0 radical (unpaired) electrons. The first-order valence-corrected chi connectivity index (χ1v) is 6.86. The molecule has 0 atom stereocenters. The molecule has 0 bridgehead atoms. The van der Waals surface area contributed by atoms with E-state index in [1.54, 1.807) is 24.3 Å². The fraction of sp³-hybridized carbons (Fsp3) is 0.176. The van der Waals surface area contributed by atoms with Crippen LogP contribution in [0.2, 0.25) is 0 Å². The van der Waals surface area contributed by atoms with Gasteiger partial charge in [0.25, 0.3) is 0 Å². The van der Waals surface area contributed by atoms with E-state index in [9.17, 15) is 4.79 Å². The molecule has 2 aromatic carbocycles. The van der Waals surface area contributed by atoms with Crippen LogP contribution < -0.4 is 14.8 Å². The van der Waals surface area contributed by atoms with E-state index in [1.165, 1.54) is 0 Å². The van der Waals surface area contributed by atoms with Crippen molar-refractivity contribution in [3.8, 4) is 17.6 Å². The van der Waals surface area contributed by atoms with E-state index in [0.29, 0.717) is 24.7 Å². The van der Waals surface area contributed by atoms with Crippen LogP contribution in [0.3, 0.4) is 0 Å². The first-order valence-electron chi connectivity index (χ1n) is 6.86. The van der Waals surface area contributed by atoms with Crippen molar-refractivity contribution in [3.63, 3.8) is 0 Å². The van der Waals surface area contributed by atoms with Crippen LogP contribution in [0.25, 0.3) is 0 Å². The minimum Gasteiger partial charge on any atom is -0.490 e. The second-order valence-electron chi connectivity index (χ2n) is 4.39. The van der Waals surface area contributed by atoms with Gasteiger partial charge in [0.05, 0.1) is 11.8 Å². The molecule has 0 spiro atoms. The highest BCUT2D eigenvalue weighted by Gasteiger charge is 2.07. The lowest BCUT2D eigenvalue weighted by Gasteiger charge is -2.12. The molecule has 0 heterocycles. The van der Waals surface area contributed by atoms with Gasteiger partial charge in [0.15, 0.2) is 0 Å². The molecule has 22 heavy (non-hydrogen) atoms. The molecule has 112 valence electrons. The minimum absolute atomic E-state index is 0.189. The second-order valence-corrected chi connectivity index (χ2v) is 4.39. The van der Waals surface area contributed by atoms with Crippen LogP contribution in [-0.2, 0) is 4.79 Å². The summed E-state index contributed by atoms with van der Waals surface area (Å²) < 4.78 is 11.1. The number of hydrogen-bond donors (Lipinski definition) is 1. The average molecular weight is 296 g/mol. The van der Waals surface area contributed by atoms with E-state index < -0.39 is 0 Å².